The predicted octanol–water partition coefficient (Wildman–Crippen LogP) is 4.96. The number of carbonyl (C=O) groups excluding carboxylic acids is 1. The van der Waals surface area contributed by atoms with Gasteiger partial charge in [-0.3, -0.25) is 4.79 Å². The van der Waals surface area contributed by atoms with Gasteiger partial charge in [-0.2, -0.15) is 0 Å². The van der Waals surface area contributed by atoms with E-state index in [0.29, 0.717) is 5.13 Å². The van der Waals surface area contributed by atoms with Crippen LogP contribution in [0.25, 0.3) is 0 Å². The highest BCUT2D eigenvalue weighted by Gasteiger charge is 2.30. The molecule has 1 N–H and O–H groups in total. The van der Waals surface area contributed by atoms with Crippen molar-refractivity contribution in [3.05, 3.63) is 35.3 Å². The molecular formula is C18H24N2O2S2. The van der Waals surface area contributed by atoms with Gasteiger partial charge >= 0.3 is 0 Å². The van der Waals surface area contributed by atoms with Crippen LogP contribution in [0.2, 0.25) is 0 Å². The second-order valence-electron chi connectivity index (χ2n) is 7.03. The third kappa shape index (κ3) is 4.74. The Kier molecular flexibility index (Phi) is 5.60. The number of hydrogen-bond acceptors (Lipinski definition) is 5. The van der Waals surface area contributed by atoms with Gasteiger partial charge in [0.1, 0.15) is 5.75 Å². The summed E-state index contributed by atoms with van der Waals surface area (Å²) < 4.78 is 4.55. The van der Waals surface area contributed by atoms with E-state index in [2.05, 4.69) is 31.1 Å². The number of benzene rings is 1. The van der Waals surface area contributed by atoms with Crippen molar-refractivity contribution in [1.29, 1.82) is 0 Å². The van der Waals surface area contributed by atoms with Crippen LogP contribution < -0.4 is 10.1 Å². The number of rotatable bonds is 5. The molecule has 0 spiro atoms. The zero-order chi connectivity index (χ0) is 18.0. The Morgan fingerprint density at radius 3 is 2.29 bits per heavy atom. The van der Waals surface area contributed by atoms with Gasteiger partial charge in [0.2, 0.25) is 5.91 Å². The van der Waals surface area contributed by atoms with Crippen LogP contribution in [0, 0.1) is 0 Å². The molecule has 2 aromatic rings. The van der Waals surface area contributed by atoms with Gasteiger partial charge in [0.25, 0.3) is 0 Å². The van der Waals surface area contributed by atoms with E-state index in [9.17, 15) is 4.79 Å². The SMILES string of the molecule is COc1ccc(SC(C)(C)C(=O)Nc2nc(C(C)(C)C)cs2)cc1. The number of amides is 1. The molecule has 0 saturated carbocycles. The Balaban J connectivity index is 2.05. The van der Waals surface area contributed by atoms with Gasteiger partial charge in [0, 0.05) is 15.7 Å². The molecule has 1 aromatic carbocycles. The second kappa shape index (κ2) is 7.15. The van der Waals surface area contributed by atoms with Gasteiger partial charge in [0.15, 0.2) is 5.13 Å². The highest BCUT2D eigenvalue weighted by atomic mass is 32.2. The van der Waals surface area contributed by atoms with Crippen LogP contribution in [0.1, 0.15) is 40.3 Å². The molecule has 0 unspecified atom stereocenters. The van der Waals surface area contributed by atoms with Gasteiger partial charge in [-0.1, -0.05) is 20.8 Å². The molecular weight excluding hydrogens is 340 g/mol. The minimum atomic E-state index is -0.609. The van der Waals surface area contributed by atoms with Crippen LogP contribution in [0.4, 0.5) is 5.13 Å². The number of nitrogens with zero attached hydrogens (tertiary/aromatic N) is 1. The number of hydrogen-bond donors (Lipinski definition) is 1. The summed E-state index contributed by atoms with van der Waals surface area (Å²) in [5, 5.41) is 5.59. The first kappa shape index (κ1) is 18.8. The number of thioether (sulfide) groups is 1. The maximum absolute atomic E-state index is 12.6. The van der Waals surface area contributed by atoms with Crippen molar-refractivity contribution < 1.29 is 9.53 Å². The normalized spacial score (nSPS) is 12.1. The number of methoxy groups -OCH3 is 1. The smallest absolute Gasteiger partial charge is 0.242 e. The standard InChI is InChI=1S/C18H24N2O2S2/c1-17(2,3)14-11-23-16(19-14)20-15(21)18(4,5)24-13-9-7-12(22-6)8-10-13/h7-11H,1-6H3,(H,19,20,21). The number of thiazole rings is 1. The topological polar surface area (TPSA) is 51.2 Å². The largest absolute Gasteiger partial charge is 0.497 e. The van der Waals surface area contributed by atoms with Crippen LogP contribution in [-0.2, 0) is 10.2 Å². The summed E-state index contributed by atoms with van der Waals surface area (Å²) in [6.07, 6.45) is 0. The lowest BCUT2D eigenvalue weighted by atomic mass is 9.93. The van der Waals surface area contributed by atoms with Crippen LogP contribution in [0.3, 0.4) is 0 Å². The van der Waals surface area contributed by atoms with Crippen molar-refractivity contribution in [2.75, 3.05) is 12.4 Å². The van der Waals surface area contributed by atoms with Gasteiger partial charge < -0.3 is 10.1 Å². The first-order valence-corrected chi connectivity index (χ1v) is 9.42. The fourth-order valence-corrected chi connectivity index (χ4v) is 3.85. The van der Waals surface area contributed by atoms with E-state index in [4.69, 9.17) is 4.74 Å². The first-order valence-electron chi connectivity index (χ1n) is 7.72. The predicted molar refractivity (Wildman–Crippen MR) is 102 cm³/mol. The summed E-state index contributed by atoms with van der Waals surface area (Å²) >= 11 is 2.98. The number of aromatic nitrogens is 1. The number of carbonyl (C=O) groups is 1. The minimum Gasteiger partial charge on any atom is -0.497 e. The van der Waals surface area contributed by atoms with E-state index in [-0.39, 0.29) is 11.3 Å². The minimum absolute atomic E-state index is 0.0210. The van der Waals surface area contributed by atoms with E-state index in [1.807, 2.05) is 43.5 Å². The highest BCUT2D eigenvalue weighted by Crippen LogP contribution is 2.35. The first-order chi connectivity index (χ1) is 11.1. The van der Waals surface area contributed by atoms with Gasteiger partial charge in [-0.15, -0.1) is 23.1 Å². The quantitative estimate of drug-likeness (QED) is 0.762. The number of ether oxygens (including phenoxy) is 1. The zero-order valence-electron chi connectivity index (χ0n) is 15.0. The van der Waals surface area contributed by atoms with Gasteiger partial charge in [0.05, 0.1) is 17.6 Å². The Morgan fingerprint density at radius 2 is 1.79 bits per heavy atom. The van der Waals surface area contributed by atoms with Crippen LogP contribution in [0.5, 0.6) is 5.75 Å². The molecule has 1 heterocycles. The summed E-state index contributed by atoms with van der Waals surface area (Å²) in [6, 6.07) is 7.71. The van der Waals surface area contributed by atoms with Crippen LogP contribution >= 0.6 is 23.1 Å². The molecule has 24 heavy (non-hydrogen) atoms. The molecule has 4 nitrogen and oxygen atoms in total. The molecule has 1 amide bonds. The summed E-state index contributed by atoms with van der Waals surface area (Å²) in [5.41, 5.74) is 0.968. The molecule has 130 valence electrons. The van der Waals surface area contributed by atoms with E-state index < -0.39 is 4.75 Å². The summed E-state index contributed by atoms with van der Waals surface area (Å²) in [5.74, 6) is 0.747. The Labute approximate surface area is 152 Å². The fraction of sp³-hybridized carbons (Fsp3) is 0.444. The van der Waals surface area contributed by atoms with Crippen molar-refractivity contribution in [2.45, 2.75) is 49.7 Å². The van der Waals surface area contributed by atoms with E-state index in [0.717, 1.165) is 16.3 Å². The molecule has 0 bridgehead atoms. The Hall–Kier alpha value is -1.53. The number of nitrogens with one attached hydrogen (secondary N) is 1. The molecule has 0 atom stereocenters. The summed E-state index contributed by atoms with van der Waals surface area (Å²) in [4.78, 5) is 18.2. The fourth-order valence-electron chi connectivity index (χ4n) is 1.91. The Bertz CT molecular complexity index is 701. The Morgan fingerprint density at radius 1 is 1.17 bits per heavy atom. The molecule has 0 radical (unpaired) electrons. The van der Waals surface area contributed by atoms with Crippen molar-refractivity contribution in [3.8, 4) is 5.75 Å². The third-order valence-electron chi connectivity index (χ3n) is 3.47. The maximum Gasteiger partial charge on any atom is 0.242 e. The zero-order valence-corrected chi connectivity index (χ0v) is 16.6. The molecule has 0 fully saturated rings. The van der Waals surface area contributed by atoms with E-state index >= 15 is 0 Å². The van der Waals surface area contributed by atoms with Gasteiger partial charge in [-0.05, 0) is 38.1 Å². The molecule has 2 rings (SSSR count). The van der Waals surface area contributed by atoms with Crippen LogP contribution in [-0.4, -0.2) is 22.7 Å². The third-order valence-corrected chi connectivity index (χ3v) is 5.43. The average Bonchev–Trinajstić information content (AvgIpc) is 2.96. The number of anilines is 1. The lowest BCUT2D eigenvalue weighted by Gasteiger charge is -2.22. The molecule has 0 aliphatic heterocycles. The lowest BCUT2D eigenvalue weighted by molar-refractivity contribution is -0.117. The highest BCUT2D eigenvalue weighted by molar-refractivity contribution is 8.01. The molecule has 0 saturated heterocycles. The molecule has 0 aliphatic rings. The van der Waals surface area contributed by atoms with Crippen molar-refractivity contribution >= 4 is 34.1 Å². The molecule has 6 heteroatoms. The van der Waals surface area contributed by atoms with Crippen molar-refractivity contribution in [1.82, 2.24) is 4.98 Å². The summed E-state index contributed by atoms with van der Waals surface area (Å²) in [6.45, 7) is 10.1. The maximum atomic E-state index is 12.6. The van der Waals surface area contributed by atoms with Crippen LogP contribution in [0.15, 0.2) is 34.5 Å². The lowest BCUT2D eigenvalue weighted by Crippen LogP contribution is -2.33. The van der Waals surface area contributed by atoms with Crippen molar-refractivity contribution in [3.63, 3.8) is 0 Å². The summed E-state index contributed by atoms with van der Waals surface area (Å²) in [7, 11) is 1.64. The monoisotopic (exact) mass is 364 g/mol. The molecule has 0 aliphatic carbocycles. The molecule has 1 aromatic heterocycles. The van der Waals surface area contributed by atoms with E-state index in [1.165, 1.54) is 23.1 Å². The van der Waals surface area contributed by atoms with Crippen molar-refractivity contribution in [2.24, 2.45) is 0 Å². The van der Waals surface area contributed by atoms with E-state index in [1.54, 1.807) is 7.11 Å². The second-order valence-corrected chi connectivity index (χ2v) is 9.58. The van der Waals surface area contributed by atoms with Gasteiger partial charge in [-0.25, -0.2) is 4.98 Å². The average molecular weight is 365 g/mol.